The van der Waals surface area contributed by atoms with Crippen LogP contribution in [0.5, 0.6) is 5.75 Å². The SMILES string of the molecule is CC(=O)c1ccc2ccccc2c1OCc1cncs1. The van der Waals surface area contributed by atoms with Crippen molar-refractivity contribution >= 4 is 27.9 Å². The number of rotatable bonds is 4. The van der Waals surface area contributed by atoms with Crippen LogP contribution in [-0.4, -0.2) is 10.8 Å². The van der Waals surface area contributed by atoms with Crippen molar-refractivity contribution in [2.24, 2.45) is 0 Å². The molecule has 0 unspecified atom stereocenters. The molecule has 0 fully saturated rings. The maximum atomic E-state index is 11.8. The molecule has 0 amide bonds. The Kier molecular flexibility index (Phi) is 3.48. The van der Waals surface area contributed by atoms with Gasteiger partial charge in [-0.2, -0.15) is 0 Å². The van der Waals surface area contributed by atoms with Gasteiger partial charge in [0.1, 0.15) is 12.4 Å². The van der Waals surface area contributed by atoms with Crippen LogP contribution < -0.4 is 4.74 Å². The van der Waals surface area contributed by atoms with E-state index in [1.54, 1.807) is 30.0 Å². The molecule has 3 nitrogen and oxygen atoms in total. The molecule has 0 bridgehead atoms. The predicted octanol–water partition coefficient (Wildman–Crippen LogP) is 4.08. The average molecular weight is 283 g/mol. The fraction of sp³-hybridized carbons (Fsp3) is 0.125. The Bertz CT molecular complexity index is 750. The number of Topliss-reactive ketones (excluding diaryl/α,β-unsaturated/α-hetero) is 1. The van der Waals surface area contributed by atoms with Gasteiger partial charge in [0.2, 0.25) is 0 Å². The van der Waals surface area contributed by atoms with Crippen molar-refractivity contribution < 1.29 is 9.53 Å². The molecule has 0 atom stereocenters. The molecule has 0 saturated heterocycles. The number of hydrogen-bond donors (Lipinski definition) is 0. The zero-order valence-corrected chi connectivity index (χ0v) is 11.8. The van der Waals surface area contributed by atoms with Crippen LogP contribution in [0.4, 0.5) is 0 Å². The van der Waals surface area contributed by atoms with Crippen molar-refractivity contribution in [1.82, 2.24) is 4.98 Å². The molecule has 0 saturated carbocycles. The van der Waals surface area contributed by atoms with E-state index in [0.29, 0.717) is 17.9 Å². The molecule has 1 heterocycles. The van der Waals surface area contributed by atoms with Crippen molar-refractivity contribution in [3.8, 4) is 5.75 Å². The van der Waals surface area contributed by atoms with Gasteiger partial charge in [0.25, 0.3) is 0 Å². The van der Waals surface area contributed by atoms with Crippen LogP contribution in [0.1, 0.15) is 22.2 Å². The van der Waals surface area contributed by atoms with Gasteiger partial charge in [-0.05, 0) is 18.4 Å². The third kappa shape index (κ3) is 2.42. The van der Waals surface area contributed by atoms with Crippen LogP contribution in [0.2, 0.25) is 0 Å². The first-order chi connectivity index (χ1) is 9.75. The molecule has 0 aliphatic rings. The second-order valence-corrected chi connectivity index (χ2v) is 5.45. The second kappa shape index (κ2) is 5.43. The highest BCUT2D eigenvalue weighted by Crippen LogP contribution is 2.31. The number of carbonyl (C=O) groups excluding carboxylic acids is 1. The van der Waals surface area contributed by atoms with Gasteiger partial charge in [-0.1, -0.05) is 30.3 Å². The minimum Gasteiger partial charge on any atom is -0.487 e. The van der Waals surface area contributed by atoms with Gasteiger partial charge in [-0.25, -0.2) is 0 Å². The van der Waals surface area contributed by atoms with Gasteiger partial charge in [0, 0.05) is 11.6 Å². The van der Waals surface area contributed by atoms with Gasteiger partial charge in [0.15, 0.2) is 5.78 Å². The Labute approximate surface area is 120 Å². The van der Waals surface area contributed by atoms with E-state index >= 15 is 0 Å². The third-order valence-corrected chi connectivity index (χ3v) is 3.85. The van der Waals surface area contributed by atoms with E-state index in [9.17, 15) is 4.79 Å². The van der Waals surface area contributed by atoms with Crippen LogP contribution in [0.25, 0.3) is 10.8 Å². The van der Waals surface area contributed by atoms with E-state index < -0.39 is 0 Å². The van der Waals surface area contributed by atoms with Crippen molar-refractivity contribution in [3.63, 3.8) is 0 Å². The van der Waals surface area contributed by atoms with Crippen molar-refractivity contribution in [2.75, 3.05) is 0 Å². The normalized spacial score (nSPS) is 10.7. The molecule has 0 aliphatic heterocycles. The quantitative estimate of drug-likeness (QED) is 0.677. The number of benzene rings is 2. The molecular formula is C16H13NO2S. The van der Waals surface area contributed by atoms with E-state index in [1.807, 2.05) is 36.4 Å². The molecule has 0 N–H and O–H groups in total. The summed E-state index contributed by atoms with van der Waals surface area (Å²) in [6, 6.07) is 11.7. The summed E-state index contributed by atoms with van der Waals surface area (Å²) in [5, 5.41) is 2.03. The first-order valence-corrected chi connectivity index (χ1v) is 7.16. The number of nitrogens with zero attached hydrogens (tertiary/aromatic N) is 1. The van der Waals surface area contributed by atoms with Crippen LogP contribution >= 0.6 is 11.3 Å². The maximum Gasteiger partial charge on any atom is 0.163 e. The van der Waals surface area contributed by atoms with Gasteiger partial charge in [0.05, 0.1) is 16.0 Å². The van der Waals surface area contributed by atoms with Crippen LogP contribution in [0, 0.1) is 0 Å². The average Bonchev–Trinajstić information content (AvgIpc) is 2.97. The molecule has 3 rings (SSSR count). The molecule has 1 aromatic heterocycles. The predicted molar refractivity (Wildman–Crippen MR) is 80.4 cm³/mol. The zero-order chi connectivity index (χ0) is 13.9. The smallest absolute Gasteiger partial charge is 0.163 e. The second-order valence-electron chi connectivity index (χ2n) is 4.48. The lowest BCUT2D eigenvalue weighted by atomic mass is 10.0. The number of hydrogen-bond acceptors (Lipinski definition) is 4. The highest BCUT2D eigenvalue weighted by Gasteiger charge is 2.12. The molecule has 0 radical (unpaired) electrons. The summed E-state index contributed by atoms with van der Waals surface area (Å²) in [6.45, 7) is 1.99. The van der Waals surface area contributed by atoms with E-state index in [2.05, 4.69) is 4.98 Å². The Morgan fingerprint density at radius 2 is 2.10 bits per heavy atom. The maximum absolute atomic E-state index is 11.8. The van der Waals surface area contributed by atoms with E-state index in [-0.39, 0.29) is 5.78 Å². The van der Waals surface area contributed by atoms with Gasteiger partial charge in [-0.15, -0.1) is 11.3 Å². The molecule has 0 aliphatic carbocycles. The molecule has 0 spiro atoms. The molecular weight excluding hydrogens is 270 g/mol. The summed E-state index contributed by atoms with van der Waals surface area (Å²) < 4.78 is 5.91. The highest BCUT2D eigenvalue weighted by atomic mass is 32.1. The Morgan fingerprint density at radius 1 is 1.25 bits per heavy atom. The molecule has 100 valence electrons. The lowest BCUT2D eigenvalue weighted by Gasteiger charge is -2.12. The van der Waals surface area contributed by atoms with Crippen LogP contribution in [0.3, 0.4) is 0 Å². The topological polar surface area (TPSA) is 39.2 Å². The molecule has 3 aromatic rings. The highest BCUT2D eigenvalue weighted by molar-refractivity contribution is 7.09. The Balaban J connectivity index is 2.05. The standard InChI is InChI=1S/C16H13NO2S/c1-11(18)14-7-6-12-4-2-3-5-15(12)16(14)19-9-13-8-17-10-20-13/h2-8,10H,9H2,1H3. The van der Waals surface area contributed by atoms with Crippen LogP contribution in [0.15, 0.2) is 48.1 Å². The fourth-order valence-electron chi connectivity index (χ4n) is 2.13. The number of ketones is 1. The zero-order valence-electron chi connectivity index (χ0n) is 11.0. The number of ether oxygens (including phenoxy) is 1. The minimum atomic E-state index is 0.00931. The number of carbonyl (C=O) groups is 1. The van der Waals surface area contributed by atoms with E-state index in [4.69, 9.17) is 4.74 Å². The fourth-order valence-corrected chi connectivity index (χ4v) is 2.64. The Hall–Kier alpha value is -2.20. The minimum absolute atomic E-state index is 0.00931. The lowest BCUT2D eigenvalue weighted by Crippen LogP contribution is -2.01. The summed E-state index contributed by atoms with van der Waals surface area (Å²) in [4.78, 5) is 16.8. The van der Waals surface area contributed by atoms with Crippen molar-refractivity contribution in [3.05, 3.63) is 58.5 Å². The third-order valence-electron chi connectivity index (χ3n) is 3.10. The van der Waals surface area contributed by atoms with E-state index in [0.717, 1.165) is 15.6 Å². The first-order valence-electron chi connectivity index (χ1n) is 6.28. The summed E-state index contributed by atoms with van der Waals surface area (Å²) in [6.07, 6.45) is 1.78. The van der Waals surface area contributed by atoms with Gasteiger partial charge >= 0.3 is 0 Å². The summed E-state index contributed by atoms with van der Waals surface area (Å²) in [5.41, 5.74) is 2.39. The molecule has 20 heavy (non-hydrogen) atoms. The Morgan fingerprint density at radius 3 is 2.85 bits per heavy atom. The number of fused-ring (bicyclic) bond motifs is 1. The molecule has 4 heteroatoms. The molecule has 2 aromatic carbocycles. The van der Waals surface area contributed by atoms with Crippen molar-refractivity contribution in [2.45, 2.75) is 13.5 Å². The summed E-state index contributed by atoms with van der Waals surface area (Å²) in [5.74, 6) is 0.666. The first kappa shape index (κ1) is 12.8. The number of thiazole rings is 1. The largest absolute Gasteiger partial charge is 0.487 e. The summed E-state index contributed by atoms with van der Waals surface area (Å²) >= 11 is 1.54. The van der Waals surface area contributed by atoms with E-state index in [1.165, 1.54) is 0 Å². The number of aromatic nitrogens is 1. The van der Waals surface area contributed by atoms with Gasteiger partial charge in [-0.3, -0.25) is 9.78 Å². The monoisotopic (exact) mass is 283 g/mol. The van der Waals surface area contributed by atoms with Crippen LogP contribution in [-0.2, 0) is 6.61 Å². The lowest BCUT2D eigenvalue weighted by molar-refractivity contribution is 0.101. The van der Waals surface area contributed by atoms with Gasteiger partial charge < -0.3 is 4.74 Å². The summed E-state index contributed by atoms with van der Waals surface area (Å²) in [7, 11) is 0. The van der Waals surface area contributed by atoms with Crippen molar-refractivity contribution in [1.29, 1.82) is 0 Å².